The molecule has 1 aliphatic heterocycles. The van der Waals surface area contributed by atoms with Gasteiger partial charge in [-0.2, -0.15) is 5.10 Å². The zero-order valence-electron chi connectivity index (χ0n) is 14.8. The normalized spacial score (nSPS) is 16.3. The molecule has 136 valence electrons. The summed E-state index contributed by atoms with van der Waals surface area (Å²) in [5, 5.41) is 7.09. The van der Waals surface area contributed by atoms with Crippen molar-refractivity contribution < 1.29 is 4.74 Å². The number of ether oxygens (including phenoxy) is 1. The molecular formula is C22H18Br2N2O. The quantitative estimate of drug-likeness (QED) is 0.417. The summed E-state index contributed by atoms with van der Waals surface area (Å²) in [6.07, 6.45) is 0.814. The number of methoxy groups -OCH3 is 1. The van der Waals surface area contributed by atoms with Gasteiger partial charge < -0.3 is 4.74 Å². The second kappa shape index (κ2) is 7.87. The highest BCUT2D eigenvalue weighted by atomic mass is 79.9. The van der Waals surface area contributed by atoms with Crippen molar-refractivity contribution in [2.24, 2.45) is 5.10 Å². The number of rotatable bonds is 4. The Bertz CT molecular complexity index is 986. The van der Waals surface area contributed by atoms with Crippen molar-refractivity contribution in [2.45, 2.75) is 12.5 Å². The number of para-hydroxylation sites is 1. The van der Waals surface area contributed by atoms with Crippen LogP contribution in [0.5, 0.6) is 5.75 Å². The second-order valence-electron chi connectivity index (χ2n) is 6.34. The smallest absolute Gasteiger partial charge is 0.124 e. The Labute approximate surface area is 175 Å². The third-order valence-corrected chi connectivity index (χ3v) is 5.68. The fraction of sp³-hybridized carbons (Fsp3) is 0.136. The van der Waals surface area contributed by atoms with Gasteiger partial charge in [-0.05, 0) is 42.0 Å². The van der Waals surface area contributed by atoms with Crippen LogP contribution in [0.3, 0.4) is 0 Å². The van der Waals surface area contributed by atoms with Crippen LogP contribution in [0.25, 0.3) is 0 Å². The molecule has 0 unspecified atom stereocenters. The molecule has 3 nitrogen and oxygen atoms in total. The largest absolute Gasteiger partial charge is 0.496 e. The van der Waals surface area contributed by atoms with Crippen LogP contribution in [-0.2, 0) is 0 Å². The molecule has 4 rings (SSSR count). The Hall–Kier alpha value is -2.11. The summed E-state index contributed by atoms with van der Waals surface area (Å²) in [5.74, 6) is 0.884. The second-order valence-corrected chi connectivity index (χ2v) is 8.17. The topological polar surface area (TPSA) is 24.8 Å². The maximum atomic E-state index is 5.63. The van der Waals surface area contributed by atoms with Gasteiger partial charge in [0.1, 0.15) is 5.75 Å². The van der Waals surface area contributed by atoms with Crippen LogP contribution < -0.4 is 9.75 Å². The molecule has 1 aliphatic rings. The SMILES string of the molecule is COc1ccccc1[C@H]1CC(c2ccc(Br)cc2)=NN1c1cccc(Br)c1. The lowest BCUT2D eigenvalue weighted by Gasteiger charge is -2.25. The van der Waals surface area contributed by atoms with E-state index in [-0.39, 0.29) is 6.04 Å². The van der Waals surface area contributed by atoms with E-state index in [1.54, 1.807) is 7.11 Å². The Morgan fingerprint density at radius 1 is 0.926 bits per heavy atom. The van der Waals surface area contributed by atoms with Gasteiger partial charge in [-0.15, -0.1) is 0 Å². The highest BCUT2D eigenvalue weighted by Gasteiger charge is 2.31. The summed E-state index contributed by atoms with van der Waals surface area (Å²) in [4.78, 5) is 0. The molecule has 5 heteroatoms. The summed E-state index contributed by atoms with van der Waals surface area (Å²) >= 11 is 7.08. The van der Waals surface area contributed by atoms with Crippen LogP contribution in [0.15, 0.2) is 86.8 Å². The standard InChI is InChI=1S/C22H18Br2N2O/c1-27-22-8-3-2-7-19(22)21-14-20(15-9-11-16(23)12-10-15)25-26(21)18-6-4-5-17(24)13-18/h2-13,21H,14H2,1H3/t21-/m1/s1. The van der Waals surface area contributed by atoms with E-state index in [4.69, 9.17) is 9.84 Å². The van der Waals surface area contributed by atoms with E-state index in [0.29, 0.717) is 0 Å². The zero-order chi connectivity index (χ0) is 18.8. The van der Waals surface area contributed by atoms with Gasteiger partial charge >= 0.3 is 0 Å². The molecule has 3 aromatic rings. The Kier molecular flexibility index (Phi) is 5.32. The van der Waals surface area contributed by atoms with Crippen LogP contribution in [0.1, 0.15) is 23.6 Å². The molecule has 0 radical (unpaired) electrons. The van der Waals surface area contributed by atoms with Crippen LogP contribution in [0, 0.1) is 0 Å². The molecule has 0 aromatic heterocycles. The minimum Gasteiger partial charge on any atom is -0.496 e. The van der Waals surface area contributed by atoms with Crippen LogP contribution >= 0.6 is 31.9 Å². The van der Waals surface area contributed by atoms with E-state index in [9.17, 15) is 0 Å². The summed E-state index contributed by atoms with van der Waals surface area (Å²) in [5.41, 5.74) is 4.39. The first-order valence-electron chi connectivity index (χ1n) is 8.67. The average Bonchev–Trinajstić information content (AvgIpc) is 3.14. The lowest BCUT2D eigenvalue weighted by atomic mass is 9.97. The first-order valence-corrected chi connectivity index (χ1v) is 10.3. The van der Waals surface area contributed by atoms with Gasteiger partial charge in [-0.1, -0.05) is 68.3 Å². The van der Waals surface area contributed by atoms with Crippen molar-refractivity contribution in [2.75, 3.05) is 12.1 Å². The van der Waals surface area contributed by atoms with E-state index in [1.807, 2.05) is 24.3 Å². The molecule has 0 fully saturated rings. The number of hydrogen-bond donors (Lipinski definition) is 0. The molecule has 0 saturated carbocycles. The van der Waals surface area contributed by atoms with E-state index in [0.717, 1.165) is 43.6 Å². The van der Waals surface area contributed by atoms with Crippen LogP contribution in [-0.4, -0.2) is 12.8 Å². The first-order chi connectivity index (χ1) is 13.2. The monoisotopic (exact) mass is 484 g/mol. The van der Waals surface area contributed by atoms with Gasteiger partial charge in [0, 0.05) is 20.9 Å². The predicted octanol–water partition coefficient (Wildman–Crippen LogP) is 6.58. The highest BCUT2D eigenvalue weighted by Crippen LogP contribution is 2.40. The number of benzene rings is 3. The highest BCUT2D eigenvalue weighted by molar-refractivity contribution is 9.10. The molecule has 0 amide bonds. The summed E-state index contributed by atoms with van der Waals surface area (Å²) in [7, 11) is 1.72. The van der Waals surface area contributed by atoms with Gasteiger partial charge in [0.2, 0.25) is 0 Å². The molecule has 0 spiro atoms. The minimum atomic E-state index is 0.0779. The maximum Gasteiger partial charge on any atom is 0.124 e. The third kappa shape index (κ3) is 3.80. The van der Waals surface area contributed by atoms with Gasteiger partial charge in [0.15, 0.2) is 0 Å². The molecule has 0 N–H and O–H groups in total. The summed E-state index contributed by atoms with van der Waals surface area (Å²) < 4.78 is 7.73. The maximum absolute atomic E-state index is 5.63. The zero-order valence-corrected chi connectivity index (χ0v) is 17.9. The molecule has 0 bridgehead atoms. The van der Waals surface area contributed by atoms with Crippen molar-refractivity contribution >= 4 is 43.3 Å². The average molecular weight is 486 g/mol. The van der Waals surface area contributed by atoms with Crippen molar-refractivity contribution in [1.82, 2.24) is 0 Å². The van der Waals surface area contributed by atoms with E-state index in [1.165, 1.54) is 0 Å². The Morgan fingerprint density at radius 2 is 1.70 bits per heavy atom. The van der Waals surface area contributed by atoms with Gasteiger partial charge in [0.25, 0.3) is 0 Å². The van der Waals surface area contributed by atoms with Crippen molar-refractivity contribution in [1.29, 1.82) is 0 Å². The number of hydrazone groups is 1. The predicted molar refractivity (Wildman–Crippen MR) is 118 cm³/mol. The fourth-order valence-electron chi connectivity index (χ4n) is 3.37. The summed E-state index contributed by atoms with van der Waals surface area (Å²) in [6, 6.07) is 24.8. The van der Waals surface area contributed by atoms with E-state index in [2.05, 4.69) is 85.4 Å². The Morgan fingerprint density at radius 3 is 2.44 bits per heavy atom. The number of halogens is 2. The fourth-order valence-corrected chi connectivity index (χ4v) is 4.02. The lowest BCUT2D eigenvalue weighted by Crippen LogP contribution is -2.19. The molecule has 1 atom stereocenters. The molecule has 0 aliphatic carbocycles. The van der Waals surface area contributed by atoms with E-state index < -0.39 is 0 Å². The first kappa shape index (κ1) is 18.3. The number of hydrogen-bond acceptors (Lipinski definition) is 3. The van der Waals surface area contributed by atoms with Gasteiger partial charge in [-0.3, -0.25) is 5.01 Å². The van der Waals surface area contributed by atoms with Crippen molar-refractivity contribution in [3.05, 3.63) is 92.9 Å². The number of nitrogens with zero attached hydrogens (tertiary/aromatic N) is 2. The molecule has 0 saturated heterocycles. The van der Waals surface area contributed by atoms with Crippen LogP contribution in [0.2, 0.25) is 0 Å². The lowest BCUT2D eigenvalue weighted by molar-refractivity contribution is 0.405. The minimum absolute atomic E-state index is 0.0779. The molecular weight excluding hydrogens is 468 g/mol. The van der Waals surface area contributed by atoms with Crippen molar-refractivity contribution in [3.63, 3.8) is 0 Å². The Balaban J connectivity index is 1.79. The van der Waals surface area contributed by atoms with E-state index >= 15 is 0 Å². The van der Waals surface area contributed by atoms with Crippen LogP contribution in [0.4, 0.5) is 5.69 Å². The molecule has 3 aromatic carbocycles. The number of anilines is 1. The third-order valence-electron chi connectivity index (χ3n) is 4.66. The van der Waals surface area contributed by atoms with Gasteiger partial charge in [0.05, 0.1) is 24.6 Å². The summed E-state index contributed by atoms with van der Waals surface area (Å²) in [6.45, 7) is 0. The van der Waals surface area contributed by atoms with Gasteiger partial charge in [-0.25, -0.2) is 0 Å². The van der Waals surface area contributed by atoms with Crippen molar-refractivity contribution in [3.8, 4) is 5.75 Å². The molecule has 1 heterocycles. The molecule has 27 heavy (non-hydrogen) atoms.